The van der Waals surface area contributed by atoms with Gasteiger partial charge < -0.3 is 9.57 Å². The van der Waals surface area contributed by atoms with E-state index in [4.69, 9.17) is 6.42 Å². The second kappa shape index (κ2) is 5.77. The Morgan fingerprint density at radius 1 is 1.54 bits per heavy atom. The van der Waals surface area contributed by atoms with Crippen molar-refractivity contribution in [1.29, 1.82) is 0 Å². The van der Waals surface area contributed by atoms with Crippen molar-refractivity contribution in [2.24, 2.45) is 5.16 Å². The predicted molar refractivity (Wildman–Crippen MR) is 44.9 cm³/mol. The molecule has 0 amide bonds. The number of esters is 1. The van der Waals surface area contributed by atoms with Gasteiger partial charge in [0.05, 0.1) is 7.11 Å². The second-order valence-corrected chi connectivity index (χ2v) is 1.97. The summed E-state index contributed by atoms with van der Waals surface area (Å²) in [6, 6.07) is 0. The fourth-order valence-electron chi connectivity index (χ4n) is 0.476. The van der Waals surface area contributed by atoms with Crippen molar-refractivity contribution in [3.63, 3.8) is 0 Å². The van der Waals surface area contributed by atoms with E-state index in [1.807, 2.05) is 0 Å². The van der Waals surface area contributed by atoms with Gasteiger partial charge in [-0.05, 0) is 0 Å². The Labute approximate surface area is 75.7 Å². The minimum atomic E-state index is -0.843. The van der Waals surface area contributed by atoms with Crippen LogP contribution >= 0.6 is 0 Å². The lowest BCUT2D eigenvalue weighted by atomic mass is 10.3. The molecule has 0 aromatic carbocycles. The van der Waals surface area contributed by atoms with Gasteiger partial charge in [0, 0.05) is 6.92 Å². The summed E-state index contributed by atoms with van der Waals surface area (Å²) < 4.78 is 4.28. The molecule has 0 spiro atoms. The highest BCUT2D eigenvalue weighted by atomic mass is 16.6. The monoisotopic (exact) mass is 183 g/mol. The summed E-state index contributed by atoms with van der Waals surface area (Å²) in [5.41, 5.74) is -0.405. The number of hydrogen-bond donors (Lipinski definition) is 0. The smallest absolute Gasteiger partial charge is 0.363 e. The number of methoxy groups -OCH3 is 1. The Morgan fingerprint density at radius 2 is 2.15 bits per heavy atom. The molecular formula is C8H9NO4. The van der Waals surface area contributed by atoms with E-state index in [1.165, 1.54) is 6.92 Å². The number of nitrogens with zero attached hydrogens (tertiary/aromatic N) is 1. The van der Waals surface area contributed by atoms with Gasteiger partial charge in [0.15, 0.2) is 12.4 Å². The molecule has 0 aromatic heterocycles. The zero-order valence-electron chi connectivity index (χ0n) is 7.36. The molecule has 0 aliphatic heterocycles. The maximum absolute atomic E-state index is 10.8. The molecular weight excluding hydrogens is 174 g/mol. The van der Waals surface area contributed by atoms with Crippen molar-refractivity contribution >= 4 is 17.5 Å². The molecule has 0 unspecified atom stereocenters. The van der Waals surface area contributed by atoms with Crippen LogP contribution in [0.3, 0.4) is 0 Å². The lowest BCUT2D eigenvalue weighted by Crippen LogP contribution is -2.23. The van der Waals surface area contributed by atoms with Gasteiger partial charge in [-0.3, -0.25) is 4.79 Å². The maximum atomic E-state index is 10.8. The first-order chi connectivity index (χ1) is 6.13. The molecule has 0 aliphatic carbocycles. The fourth-order valence-corrected chi connectivity index (χ4v) is 0.476. The van der Waals surface area contributed by atoms with Gasteiger partial charge in [-0.25, -0.2) is 4.79 Å². The molecule has 0 aromatic rings. The van der Waals surface area contributed by atoms with Gasteiger partial charge in [0.1, 0.15) is 0 Å². The normalized spacial score (nSPS) is 10.1. The summed E-state index contributed by atoms with van der Waals surface area (Å²) in [4.78, 5) is 26.1. The van der Waals surface area contributed by atoms with Crippen LogP contribution in [-0.4, -0.2) is 31.2 Å². The third-order valence-electron chi connectivity index (χ3n) is 1.02. The molecule has 0 saturated heterocycles. The molecule has 0 radical (unpaired) electrons. The number of rotatable bonds is 4. The first kappa shape index (κ1) is 11.2. The average Bonchev–Trinajstić information content (AvgIpc) is 2.11. The van der Waals surface area contributed by atoms with Crippen molar-refractivity contribution in [1.82, 2.24) is 0 Å². The highest BCUT2D eigenvalue weighted by molar-refractivity contribution is 6.63. The van der Waals surface area contributed by atoms with Crippen LogP contribution in [0, 0.1) is 12.3 Å². The van der Waals surface area contributed by atoms with Crippen LogP contribution in [0.5, 0.6) is 0 Å². The minimum Gasteiger partial charge on any atom is -0.464 e. The Bertz CT molecular complexity index is 274. The molecule has 13 heavy (non-hydrogen) atoms. The predicted octanol–water partition coefficient (Wildman–Crippen LogP) is -0.246. The molecule has 5 nitrogen and oxygen atoms in total. The van der Waals surface area contributed by atoms with Gasteiger partial charge >= 0.3 is 5.97 Å². The Kier molecular flexibility index (Phi) is 4.96. The van der Waals surface area contributed by atoms with Gasteiger partial charge in [-0.2, -0.15) is 0 Å². The number of carbonyl (C=O) groups excluding carboxylic acids is 2. The number of Topliss-reactive ketones (excluding diaryl/α,β-unsaturated/α-hetero) is 1. The number of ether oxygens (including phenoxy) is 1. The van der Waals surface area contributed by atoms with Gasteiger partial charge in [-0.15, -0.1) is 6.42 Å². The summed E-state index contributed by atoms with van der Waals surface area (Å²) in [7, 11) is 1.14. The van der Waals surface area contributed by atoms with Crippen molar-refractivity contribution in [3.05, 3.63) is 0 Å². The summed E-state index contributed by atoms with van der Waals surface area (Å²) in [5.74, 6) is 0.745. The minimum absolute atomic E-state index is 0.103. The van der Waals surface area contributed by atoms with E-state index in [-0.39, 0.29) is 6.61 Å². The van der Waals surface area contributed by atoms with Crippen LogP contribution in [0.1, 0.15) is 6.92 Å². The lowest BCUT2D eigenvalue weighted by Gasteiger charge is -1.98. The Balaban J connectivity index is 4.43. The van der Waals surface area contributed by atoms with Gasteiger partial charge in [0.25, 0.3) is 0 Å². The van der Waals surface area contributed by atoms with E-state index < -0.39 is 17.5 Å². The molecule has 0 aliphatic rings. The molecule has 0 fully saturated rings. The highest BCUT2D eigenvalue weighted by Crippen LogP contribution is 1.87. The van der Waals surface area contributed by atoms with E-state index in [0.717, 1.165) is 7.11 Å². The van der Waals surface area contributed by atoms with E-state index in [0.29, 0.717) is 0 Å². The molecule has 0 saturated carbocycles. The zero-order valence-corrected chi connectivity index (χ0v) is 7.36. The quantitative estimate of drug-likeness (QED) is 0.150. The molecule has 0 bridgehead atoms. The standard InChI is InChI=1S/C8H9NO4/c1-4-5-13-9-7(6(2)10)8(11)12-3/h1H,5H2,2-3H3/b9-7+. The molecule has 0 N–H and O–H groups in total. The van der Waals surface area contributed by atoms with Crippen molar-refractivity contribution in [2.45, 2.75) is 6.92 Å². The first-order valence-electron chi connectivity index (χ1n) is 3.36. The summed E-state index contributed by atoms with van der Waals surface area (Å²) in [6.45, 7) is 1.07. The average molecular weight is 183 g/mol. The number of hydrogen-bond acceptors (Lipinski definition) is 5. The first-order valence-corrected chi connectivity index (χ1v) is 3.36. The van der Waals surface area contributed by atoms with Crippen LogP contribution in [0.4, 0.5) is 0 Å². The van der Waals surface area contributed by atoms with E-state index in [2.05, 4.69) is 20.7 Å². The van der Waals surface area contributed by atoms with Crippen LogP contribution < -0.4 is 0 Å². The summed E-state index contributed by atoms with van der Waals surface area (Å²) >= 11 is 0. The molecule has 70 valence electrons. The van der Waals surface area contributed by atoms with Crippen LogP contribution in [0.15, 0.2) is 5.16 Å². The second-order valence-electron chi connectivity index (χ2n) is 1.97. The Hall–Kier alpha value is -1.83. The van der Waals surface area contributed by atoms with Gasteiger partial charge in [-0.1, -0.05) is 11.1 Å². The molecule has 0 atom stereocenters. The van der Waals surface area contributed by atoms with Gasteiger partial charge in [0.2, 0.25) is 5.71 Å². The number of terminal acetylenes is 1. The van der Waals surface area contributed by atoms with E-state index in [9.17, 15) is 9.59 Å². The SMILES string of the molecule is C#CCO/N=C(\C(C)=O)C(=O)OC. The van der Waals surface area contributed by atoms with Crippen molar-refractivity contribution in [2.75, 3.05) is 13.7 Å². The topological polar surface area (TPSA) is 65.0 Å². The van der Waals surface area contributed by atoms with E-state index in [1.54, 1.807) is 0 Å². The van der Waals surface area contributed by atoms with Crippen molar-refractivity contribution in [3.8, 4) is 12.3 Å². The highest BCUT2D eigenvalue weighted by Gasteiger charge is 2.17. The third-order valence-corrected chi connectivity index (χ3v) is 1.02. The summed E-state index contributed by atoms with van der Waals surface area (Å²) in [5, 5.41) is 3.23. The molecule has 0 heterocycles. The maximum Gasteiger partial charge on any atom is 0.363 e. The lowest BCUT2D eigenvalue weighted by molar-refractivity contribution is -0.133. The zero-order chi connectivity index (χ0) is 10.3. The van der Waals surface area contributed by atoms with Crippen LogP contribution in [-0.2, 0) is 19.2 Å². The largest absolute Gasteiger partial charge is 0.464 e. The number of oxime groups is 1. The number of ketones is 1. The number of carbonyl (C=O) groups is 2. The fraction of sp³-hybridized carbons (Fsp3) is 0.375. The Morgan fingerprint density at radius 3 is 2.54 bits per heavy atom. The summed E-state index contributed by atoms with van der Waals surface area (Å²) in [6.07, 6.45) is 4.85. The van der Waals surface area contributed by atoms with E-state index >= 15 is 0 Å². The molecule has 5 heteroatoms. The van der Waals surface area contributed by atoms with Crippen LogP contribution in [0.25, 0.3) is 0 Å². The third kappa shape index (κ3) is 3.91. The van der Waals surface area contributed by atoms with Crippen LogP contribution in [0.2, 0.25) is 0 Å². The molecule has 0 rings (SSSR count). The van der Waals surface area contributed by atoms with Crippen molar-refractivity contribution < 1.29 is 19.2 Å².